The first kappa shape index (κ1) is 23.7. The molecule has 186 valence electrons. The number of anilines is 2. The number of hydrogen-bond donors (Lipinski definition) is 2. The van der Waals surface area contributed by atoms with Crippen LogP contribution in [0.4, 0.5) is 11.6 Å². The summed E-state index contributed by atoms with van der Waals surface area (Å²) in [6.07, 6.45) is 10.4. The Balaban J connectivity index is 1.36. The molecule has 0 spiro atoms. The lowest BCUT2D eigenvalue weighted by Crippen LogP contribution is -2.28. The van der Waals surface area contributed by atoms with Crippen LogP contribution in [0.1, 0.15) is 73.6 Å². The molecule has 10 nitrogen and oxygen atoms in total. The molecule has 0 fully saturated rings. The summed E-state index contributed by atoms with van der Waals surface area (Å²) in [6, 6.07) is 6.08. The Labute approximate surface area is 209 Å². The van der Waals surface area contributed by atoms with Gasteiger partial charge in [0, 0.05) is 24.2 Å². The first-order chi connectivity index (χ1) is 17.3. The van der Waals surface area contributed by atoms with Crippen LogP contribution >= 0.6 is 0 Å². The molecular weight excluding hydrogens is 456 g/mol. The summed E-state index contributed by atoms with van der Waals surface area (Å²) in [7, 11) is 1.85. The van der Waals surface area contributed by atoms with Crippen molar-refractivity contribution in [3.63, 3.8) is 0 Å². The summed E-state index contributed by atoms with van der Waals surface area (Å²) >= 11 is 0. The predicted octanol–water partition coefficient (Wildman–Crippen LogP) is 4.50. The minimum absolute atomic E-state index is 0.103. The van der Waals surface area contributed by atoms with E-state index in [0.717, 1.165) is 42.5 Å². The molecular formula is C26H30N8O2. The van der Waals surface area contributed by atoms with Crippen LogP contribution in [0.2, 0.25) is 0 Å². The molecule has 1 unspecified atom stereocenters. The van der Waals surface area contributed by atoms with E-state index in [2.05, 4.69) is 47.8 Å². The van der Waals surface area contributed by atoms with Gasteiger partial charge in [-0.3, -0.25) is 9.48 Å². The minimum Gasteiger partial charge on any atom is -0.435 e. The summed E-state index contributed by atoms with van der Waals surface area (Å²) < 4.78 is 7.45. The third-order valence-electron chi connectivity index (χ3n) is 6.17. The topological polar surface area (TPSA) is 124 Å². The fourth-order valence-electron chi connectivity index (χ4n) is 4.34. The van der Waals surface area contributed by atoms with E-state index in [0.29, 0.717) is 17.7 Å². The molecule has 10 heteroatoms. The Morgan fingerprint density at radius 1 is 1.14 bits per heavy atom. The van der Waals surface area contributed by atoms with Gasteiger partial charge in [0.15, 0.2) is 5.82 Å². The lowest BCUT2D eigenvalue weighted by molar-refractivity contribution is 0.0903. The van der Waals surface area contributed by atoms with E-state index in [4.69, 9.17) is 4.42 Å². The highest BCUT2D eigenvalue weighted by Gasteiger charge is 2.26. The number of oxazole rings is 1. The quantitative estimate of drug-likeness (QED) is 0.395. The maximum Gasteiger partial charge on any atom is 0.289 e. The number of amides is 1. The number of aryl methyl sites for hydroxylation is 2. The maximum absolute atomic E-state index is 13.0. The van der Waals surface area contributed by atoms with E-state index >= 15 is 0 Å². The van der Waals surface area contributed by atoms with Gasteiger partial charge in [-0.1, -0.05) is 39.3 Å². The molecule has 36 heavy (non-hydrogen) atoms. The van der Waals surface area contributed by atoms with Crippen molar-refractivity contribution < 1.29 is 9.21 Å². The monoisotopic (exact) mass is 486 g/mol. The van der Waals surface area contributed by atoms with Crippen molar-refractivity contribution >= 4 is 17.5 Å². The number of carbonyl (C=O) groups is 1. The third kappa shape index (κ3) is 5.12. The molecule has 1 aliphatic rings. The van der Waals surface area contributed by atoms with E-state index < -0.39 is 0 Å². The summed E-state index contributed by atoms with van der Waals surface area (Å²) in [5, 5.41) is 10.5. The van der Waals surface area contributed by atoms with Crippen LogP contribution in [0.3, 0.4) is 0 Å². The Hall–Kier alpha value is -4.08. The van der Waals surface area contributed by atoms with Gasteiger partial charge >= 0.3 is 0 Å². The molecule has 1 aromatic carbocycles. The number of aromatic nitrogens is 6. The molecule has 1 atom stereocenters. The number of benzene rings is 1. The highest BCUT2D eigenvalue weighted by molar-refractivity contribution is 5.91. The van der Waals surface area contributed by atoms with Crippen molar-refractivity contribution in [2.75, 3.05) is 5.32 Å². The minimum atomic E-state index is -0.258. The van der Waals surface area contributed by atoms with Gasteiger partial charge < -0.3 is 15.1 Å². The average Bonchev–Trinajstić information content (AvgIpc) is 3.46. The molecule has 5 rings (SSSR count). The van der Waals surface area contributed by atoms with Gasteiger partial charge in [0.25, 0.3) is 5.91 Å². The molecule has 1 aliphatic carbocycles. The zero-order valence-electron chi connectivity index (χ0n) is 20.9. The number of carbonyl (C=O) groups excluding carboxylic acids is 1. The lowest BCUT2D eigenvalue weighted by atomic mass is 9.96. The zero-order valence-corrected chi connectivity index (χ0v) is 20.9. The number of nitrogens with zero attached hydrogens (tertiary/aromatic N) is 6. The number of rotatable bonds is 5. The maximum atomic E-state index is 13.0. The van der Waals surface area contributed by atoms with Gasteiger partial charge in [0.2, 0.25) is 17.6 Å². The summed E-state index contributed by atoms with van der Waals surface area (Å²) in [5.41, 5.74) is 3.75. The second-order valence-electron chi connectivity index (χ2n) is 10.1. The van der Waals surface area contributed by atoms with Crippen LogP contribution in [0.25, 0.3) is 11.4 Å². The van der Waals surface area contributed by atoms with Crippen molar-refractivity contribution in [1.29, 1.82) is 0 Å². The van der Waals surface area contributed by atoms with Gasteiger partial charge in [-0.2, -0.15) is 10.1 Å². The van der Waals surface area contributed by atoms with E-state index in [1.807, 2.05) is 40.1 Å². The van der Waals surface area contributed by atoms with Gasteiger partial charge in [-0.25, -0.2) is 15.0 Å². The normalized spacial score (nSPS) is 15.7. The number of nitrogens with one attached hydrogen (secondary N) is 2. The molecule has 2 N–H and O–H groups in total. The molecule has 0 saturated carbocycles. The SMILES string of the molecule is Cn1cc(Nc2ncnc(-c3ccc4c(c3)CCCCC4NC(=O)c3cnc(C(C)(C)C)o3)n2)cn1. The van der Waals surface area contributed by atoms with Crippen molar-refractivity contribution in [2.24, 2.45) is 7.05 Å². The van der Waals surface area contributed by atoms with E-state index in [1.54, 1.807) is 10.9 Å². The molecule has 4 aromatic rings. The Bertz CT molecular complexity index is 1380. The van der Waals surface area contributed by atoms with Gasteiger partial charge in [-0.15, -0.1) is 0 Å². The van der Waals surface area contributed by atoms with Crippen LogP contribution in [-0.4, -0.2) is 35.6 Å². The van der Waals surface area contributed by atoms with Crippen LogP contribution in [-0.2, 0) is 18.9 Å². The number of fused-ring (bicyclic) bond motifs is 1. The van der Waals surface area contributed by atoms with Crippen molar-refractivity contribution in [2.45, 2.75) is 57.9 Å². The van der Waals surface area contributed by atoms with Crippen LogP contribution in [0.5, 0.6) is 0 Å². The van der Waals surface area contributed by atoms with Crippen LogP contribution in [0.15, 0.2) is 47.5 Å². The molecule has 3 heterocycles. The van der Waals surface area contributed by atoms with Gasteiger partial charge in [-0.05, 0) is 36.5 Å². The largest absolute Gasteiger partial charge is 0.435 e. The molecule has 1 amide bonds. The first-order valence-corrected chi connectivity index (χ1v) is 12.1. The van der Waals surface area contributed by atoms with Crippen LogP contribution in [0, 0.1) is 0 Å². The Morgan fingerprint density at radius 2 is 2.00 bits per heavy atom. The second-order valence-corrected chi connectivity index (χ2v) is 10.1. The van der Waals surface area contributed by atoms with Gasteiger partial charge in [0.05, 0.1) is 24.1 Å². The molecule has 0 saturated heterocycles. The Kier molecular flexibility index (Phi) is 6.26. The van der Waals surface area contributed by atoms with Crippen molar-refractivity contribution in [3.8, 4) is 11.4 Å². The highest BCUT2D eigenvalue weighted by Crippen LogP contribution is 2.32. The second kappa shape index (κ2) is 9.52. The van der Waals surface area contributed by atoms with E-state index in [-0.39, 0.29) is 23.1 Å². The van der Waals surface area contributed by atoms with Crippen molar-refractivity contribution in [1.82, 2.24) is 35.0 Å². The highest BCUT2D eigenvalue weighted by atomic mass is 16.4. The van der Waals surface area contributed by atoms with E-state index in [1.165, 1.54) is 18.1 Å². The number of hydrogen-bond acceptors (Lipinski definition) is 8. The molecule has 3 aromatic heterocycles. The zero-order chi connectivity index (χ0) is 25.3. The molecule has 0 bridgehead atoms. The summed E-state index contributed by atoms with van der Waals surface area (Å²) in [4.78, 5) is 30.5. The van der Waals surface area contributed by atoms with E-state index in [9.17, 15) is 4.79 Å². The fourth-order valence-corrected chi connectivity index (χ4v) is 4.34. The molecule has 0 aliphatic heterocycles. The first-order valence-electron chi connectivity index (χ1n) is 12.1. The standard InChI is InChI=1S/C26H30N8O2/c1-26(2,3)24-27-13-21(36-24)23(35)32-20-8-6-5-7-16-11-17(9-10-19(16)20)22-28-15-29-25(33-22)31-18-12-30-34(4)14-18/h9-15,20H,5-8H2,1-4H3,(H,32,35)(H,28,29,31,33). The fraction of sp³-hybridized carbons (Fsp3) is 0.385. The molecule has 0 radical (unpaired) electrons. The third-order valence-corrected chi connectivity index (χ3v) is 6.17. The summed E-state index contributed by atoms with van der Waals surface area (Å²) in [5.74, 6) is 1.58. The average molecular weight is 487 g/mol. The summed E-state index contributed by atoms with van der Waals surface area (Å²) in [6.45, 7) is 6.01. The van der Waals surface area contributed by atoms with Crippen molar-refractivity contribution in [3.05, 3.63) is 65.9 Å². The smallest absolute Gasteiger partial charge is 0.289 e. The lowest BCUT2D eigenvalue weighted by Gasteiger charge is -2.19. The predicted molar refractivity (Wildman–Crippen MR) is 135 cm³/mol. The Morgan fingerprint density at radius 3 is 2.75 bits per heavy atom. The van der Waals surface area contributed by atoms with Crippen LogP contribution < -0.4 is 10.6 Å². The van der Waals surface area contributed by atoms with Gasteiger partial charge in [0.1, 0.15) is 6.33 Å².